The van der Waals surface area contributed by atoms with Gasteiger partial charge in [-0.25, -0.2) is 4.39 Å². The van der Waals surface area contributed by atoms with Crippen LogP contribution in [0.5, 0.6) is 5.75 Å². The third-order valence-electron chi connectivity index (χ3n) is 3.49. The topological polar surface area (TPSA) is 38.3 Å². The number of fused-ring (bicyclic) bond motifs is 1. The Morgan fingerprint density at radius 2 is 2.05 bits per heavy atom. The van der Waals surface area contributed by atoms with Gasteiger partial charge < -0.3 is 10.1 Å². The van der Waals surface area contributed by atoms with E-state index in [0.717, 1.165) is 15.8 Å². The summed E-state index contributed by atoms with van der Waals surface area (Å²) in [6, 6.07) is 9.59. The predicted octanol–water partition coefficient (Wildman–Crippen LogP) is 4.60. The Morgan fingerprint density at radius 3 is 2.86 bits per heavy atom. The first-order chi connectivity index (χ1) is 10.5. The molecule has 1 aliphatic rings. The Morgan fingerprint density at radius 1 is 1.23 bits per heavy atom. The zero-order valence-electron chi connectivity index (χ0n) is 11.4. The summed E-state index contributed by atoms with van der Waals surface area (Å²) in [5.41, 5.74) is 1.20. The lowest BCUT2D eigenvalue weighted by Crippen LogP contribution is -2.32. The molecule has 1 amide bonds. The van der Waals surface area contributed by atoms with E-state index in [4.69, 9.17) is 4.74 Å². The van der Waals surface area contributed by atoms with E-state index in [1.165, 1.54) is 18.2 Å². The minimum absolute atomic E-state index is 0.163. The maximum absolute atomic E-state index is 13.4. The second-order valence-corrected chi connectivity index (χ2v) is 6.74. The standard InChI is InChI=1S/C16H12Br2FNO2/c17-9-1-4-15-12(7-9)14(5-6-22-15)20-16(21)11-8-10(19)2-3-13(11)18/h1-4,7-8,14H,5-6H2,(H,20,21). The fraction of sp³-hybridized carbons (Fsp3) is 0.188. The van der Waals surface area contributed by atoms with Crippen LogP contribution in [0.3, 0.4) is 0 Å². The van der Waals surface area contributed by atoms with Crippen LogP contribution < -0.4 is 10.1 Å². The molecule has 0 saturated heterocycles. The van der Waals surface area contributed by atoms with Gasteiger partial charge in [0.05, 0.1) is 18.2 Å². The number of ether oxygens (including phenoxy) is 1. The van der Waals surface area contributed by atoms with Gasteiger partial charge in [0.25, 0.3) is 5.91 Å². The Kier molecular flexibility index (Phi) is 4.49. The van der Waals surface area contributed by atoms with Crippen molar-refractivity contribution in [1.82, 2.24) is 5.32 Å². The minimum atomic E-state index is -0.441. The van der Waals surface area contributed by atoms with Crippen molar-refractivity contribution in [1.29, 1.82) is 0 Å². The molecule has 0 saturated carbocycles. The molecule has 22 heavy (non-hydrogen) atoms. The summed E-state index contributed by atoms with van der Waals surface area (Å²) in [5.74, 6) is 0.00531. The molecule has 114 valence electrons. The molecule has 3 rings (SSSR count). The van der Waals surface area contributed by atoms with Crippen LogP contribution in [0, 0.1) is 5.82 Å². The molecule has 6 heteroatoms. The normalized spacial score (nSPS) is 16.6. The summed E-state index contributed by atoms with van der Waals surface area (Å²) >= 11 is 6.70. The Hall–Kier alpha value is -1.40. The van der Waals surface area contributed by atoms with Crippen LogP contribution in [-0.4, -0.2) is 12.5 Å². The molecule has 0 aromatic heterocycles. The van der Waals surface area contributed by atoms with Crippen molar-refractivity contribution < 1.29 is 13.9 Å². The van der Waals surface area contributed by atoms with Crippen LogP contribution in [0.15, 0.2) is 45.3 Å². The minimum Gasteiger partial charge on any atom is -0.493 e. The second kappa shape index (κ2) is 6.38. The highest BCUT2D eigenvalue weighted by Crippen LogP contribution is 2.34. The SMILES string of the molecule is O=C(NC1CCOc2ccc(Br)cc21)c1cc(F)ccc1Br. The van der Waals surface area contributed by atoms with E-state index in [2.05, 4.69) is 37.2 Å². The van der Waals surface area contributed by atoms with E-state index in [1.807, 2.05) is 18.2 Å². The summed E-state index contributed by atoms with van der Waals surface area (Å²) in [4.78, 5) is 12.4. The Labute approximate surface area is 144 Å². The van der Waals surface area contributed by atoms with Crippen LogP contribution in [0.2, 0.25) is 0 Å². The third-order valence-corrected chi connectivity index (χ3v) is 4.67. The molecule has 2 aromatic rings. The summed E-state index contributed by atoms with van der Waals surface area (Å²) < 4.78 is 20.4. The summed E-state index contributed by atoms with van der Waals surface area (Å²) in [6.45, 7) is 0.532. The van der Waals surface area contributed by atoms with Gasteiger partial charge in [-0.2, -0.15) is 0 Å². The van der Waals surface area contributed by atoms with E-state index in [1.54, 1.807) is 0 Å². The number of carbonyl (C=O) groups excluding carboxylic acids is 1. The average Bonchev–Trinajstić information content (AvgIpc) is 2.50. The largest absolute Gasteiger partial charge is 0.493 e. The second-order valence-electron chi connectivity index (χ2n) is 4.97. The van der Waals surface area contributed by atoms with Gasteiger partial charge in [-0.05, 0) is 52.3 Å². The van der Waals surface area contributed by atoms with Crippen molar-refractivity contribution in [2.24, 2.45) is 0 Å². The Bertz CT molecular complexity index is 736. The van der Waals surface area contributed by atoms with Gasteiger partial charge in [0.15, 0.2) is 0 Å². The van der Waals surface area contributed by atoms with Crippen molar-refractivity contribution in [3.05, 3.63) is 62.3 Å². The maximum atomic E-state index is 13.4. The zero-order chi connectivity index (χ0) is 15.7. The molecule has 3 nitrogen and oxygen atoms in total. The van der Waals surface area contributed by atoms with Gasteiger partial charge in [0.1, 0.15) is 11.6 Å². The summed E-state index contributed by atoms with van der Waals surface area (Å²) in [5, 5.41) is 2.95. The van der Waals surface area contributed by atoms with Crippen LogP contribution >= 0.6 is 31.9 Å². The smallest absolute Gasteiger partial charge is 0.253 e. The van der Waals surface area contributed by atoms with E-state index in [9.17, 15) is 9.18 Å². The van der Waals surface area contributed by atoms with Crippen molar-refractivity contribution in [2.45, 2.75) is 12.5 Å². The lowest BCUT2D eigenvalue weighted by Gasteiger charge is -2.27. The van der Waals surface area contributed by atoms with Gasteiger partial charge in [-0.1, -0.05) is 15.9 Å². The summed E-state index contributed by atoms with van der Waals surface area (Å²) in [7, 11) is 0. The molecule has 0 radical (unpaired) electrons. The number of carbonyl (C=O) groups is 1. The molecular weight excluding hydrogens is 417 g/mol. The molecule has 1 aliphatic heterocycles. The predicted molar refractivity (Wildman–Crippen MR) is 88.6 cm³/mol. The number of rotatable bonds is 2. The van der Waals surface area contributed by atoms with E-state index in [0.29, 0.717) is 17.5 Å². The number of hydrogen-bond acceptors (Lipinski definition) is 2. The van der Waals surface area contributed by atoms with Gasteiger partial charge in [0.2, 0.25) is 0 Å². The van der Waals surface area contributed by atoms with Crippen LogP contribution in [0.25, 0.3) is 0 Å². The number of amides is 1. The molecule has 0 bridgehead atoms. The zero-order valence-corrected chi connectivity index (χ0v) is 14.6. The summed E-state index contributed by atoms with van der Waals surface area (Å²) in [6.07, 6.45) is 0.669. The highest BCUT2D eigenvalue weighted by molar-refractivity contribution is 9.10. The molecule has 1 heterocycles. The average molecular weight is 429 g/mol. The van der Waals surface area contributed by atoms with Gasteiger partial charge in [-0.3, -0.25) is 4.79 Å². The van der Waals surface area contributed by atoms with Crippen LogP contribution in [-0.2, 0) is 0 Å². The maximum Gasteiger partial charge on any atom is 0.253 e. The molecule has 0 spiro atoms. The number of hydrogen-bond donors (Lipinski definition) is 1. The first kappa shape index (κ1) is 15.5. The van der Waals surface area contributed by atoms with E-state index >= 15 is 0 Å². The van der Waals surface area contributed by atoms with Crippen molar-refractivity contribution in [2.75, 3.05) is 6.61 Å². The Balaban J connectivity index is 1.87. The molecule has 1 N–H and O–H groups in total. The first-order valence-corrected chi connectivity index (χ1v) is 8.31. The molecule has 2 aromatic carbocycles. The lowest BCUT2D eigenvalue weighted by molar-refractivity contribution is 0.0923. The van der Waals surface area contributed by atoms with Crippen molar-refractivity contribution in [3.63, 3.8) is 0 Å². The van der Waals surface area contributed by atoms with Gasteiger partial charge in [0, 0.05) is 20.9 Å². The third kappa shape index (κ3) is 3.17. The highest BCUT2D eigenvalue weighted by atomic mass is 79.9. The lowest BCUT2D eigenvalue weighted by atomic mass is 10.00. The molecule has 0 aliphatic carbocycles. The van der Waals surface area contributed by atoms with Crippen LogP contribution in [0.1, 0.15) is 28.4 Å². The first-order valence-electron chi connectivity index (χ1n) is 6.73. The molecule has 1 atom stereocenters. The van der Waals surface area contributed by atoms with Gasteiger partial charge in [-0.15, -0.1) is 0 Å². The molecule has 1 unspecified atom stereocenters. The van der Waals surface area contributed by atoms with Gasteiger partial charge >= 0.3 is 0 Å². The highest BCUT2D eigenvalue weighted by Gasteiger charge is 2.24. The number of nitrogens with one attached hydrogen (secondary N) is 1. The fourth-order valence-electron chi connectivity index (χ4n) is 2.42. The quantitative estimate of drug-likeness (QED) is 0.758. The van der Waals surface area contributed by atoms with E-state index in [-0.39, 0.29) is 17.5 Å². The van der Waals surface area contributed by atoms with Crippen LogP contribution in [0.4, 0.5) is 4.39 Å². The van der Waals surface area contributed by atoms with E-state index < -0.39 is 5.82 Å². The van der Waals surface area contributed by atoms with Crippen molar-refractivity contribution in [3.8, 4) is 5.75 Å². The molecule has 0 fully saturated rings. The molecular formula is C16H12Br2FNO2. The fourth-order valence-corrected chi connectivity index (χ4v) is 3.23. The van der Waals surface area contributed by atoms with Crippen molar-refractivity contribution >= 4 is 37.8 Å². The number of benzene rings is 2. The number of halogens is 3. The monoisotopic (exact) mass is 427 g/mol.